The second-order valence-electron chi connectivity index (χ2n) is 4.42. The number of sulfonamides is 1. The van der Waals surface area contributed by atoms with Crippen molar-refractivity contribution in [2.24, 2.45) is 0 Å². The fourth-order valence-corrected chi connectivity index (χ4v) is 2.81. The van der Waals surface area contributed by atoms with Gasteiger partial charge in [-0.1, -0.05) is 12.1 Å². The van der Waals surface area contributed by atoms with Crippen LogP contribution in [0, 0.1) is 0 Å². The van der Waals surface area contributed by atoms with Crippen molar-refractivity contribution in [1.29, 1.82) is 0 Å². The van der Waals surface area contributed by atoms with Crippen molar-refractivity contribution in [2.75, 3.05) is 33.9 Å². The molecule has 0 aromatic heterocycles. The molecule has 1 rings (SSSR count). The van der Waals surface area contributed by atoms with Crippen molar-refractivity contribution in [1.82, 2.24) is 4.31 Å². The molecule has 0 aliphatic carbocycles. The molecule has 0 heterocycles. The summed E-state index contributed by atoms with van der Waals surface area (Å²) in [7, 11) is -0.708. The average Bonchev–Trinajstić information content (AvgIpc) is 2.47. The number of hydrogen-bond acceptors (Lipinski definition) is 5. The van der Waals surface area contributed by atoms with E-state index in [0.717, 1.165) is 0 Å². The van der Waals surface area contributed by atoms with Crippen LogP contribution in [-0.2, 0) is 30.7 Å². The summed E-state index contributed by atoms with van der Waals surface area (Å²) in [5, 5.41) is 0. The summed E-state index contributed by atoms with van der Waals surface area (Å²) in [6, 6.07) is 6.20. The summed E-state index contributed by atoms with van der Waals surface area (Å²) in [5.74, 6) is -0.362. The predicted octanol–water partition coefficient (Wildman–Crippen LogP) is 1.06. The number of likely N-dealkylation sites (N-methyl/N-ethyl adjacent to an activating group) is 1. The minimum atomic E-state index is -3.53. The second kappa shape index (κ2) is 8.11. The molecular weight excluding hydrogens is 294 g/mol. The molecule has 118 valence electrons. The van der Waals surface area contributed by atoms with Crippen LogP contribution in [0.4, 0.5) is 0 Å². The van der Waals surface area contributed by atoms with Gasteiger partial charge in [0.2, 0.25) is 10.0 Å². The Morgan fingerprint density at radius 3 is 2.38 bits per heavy atom. The van der Waals surface area contributed by atoms with Gasteiger partial charge in [0.05, 0.1) is 25.0 Å². The van der Waals surface area contributed by atoms with Gasteiger partial charge >= 0.3 is 5.97 Å². The third-order valence-electron chi connectivity index (χ3n) is 2.96. The van der Waals surface area contributed by atoms with Crippen molar-refractivity contribution in [3.63, 3.8) is 0 Å². The zero-order valence-electron chi connectivity index (χ0n) is 12.5. The summed E-state index contributed by atoms with van der Waals surface area (Å²) < 4.78 is 35.6. The summed E-state index contributed by atoms with van der Waals surface area (Å²) in [6.07, 6.45) is 0.122. The number of nitrogens with zero attached hydrogens (tertiary/aromatic N) is 1. The third kappa shape index (κ3) is 5.11. The van der Waals surface area contributed by atoms with Gasteiger partial charge in [-0.2, -0.15) is 4.31 Å². The first-order valence-corrected chi connectivity index (χ1v) is 8.05. The van der Waals surface area contributed by atoms with E-state index in [-0.39, 0.29) is 17.3 Å². The summed E-state index contributed by atoms with van der Waals surface area (Å²) in [4.78, 5) is 11.3. The summed E-state index contributed by atoms with van der Waals surface area (Å²) >= 11 is 0. The first-order valence-electron chi connectivity index (χ1n) is 6.61. The van der Waals surface area contributed by atoms with Crippen LogP contribution in [0.5, 0.6) is 0 Å². The van der Waals surface area contributed by atoms with Crippen LogP contribution in [0.2, 0.25) is 0 Å². The van der Waals surface area contributed by atoms with Crippen molar-refractivity contribution < 1.29 is 22.7 Å². The maximum atomic E-state index is 12.3. The normalized spacial score (nSPS) is 11.6. The Labute approximate surface area is 125 Å². The largest absolute Gasteiger partial charge is 0.469 e. The Hall–Kier alpha value is -1.44. The lowest BCUT2D eigenvalue weighted by Gasteiger charge is -2.17. The van der Waals surface area contributed by atoms with Crippen LogP contribution >= 0.6 is 0 Å². The molecule has 0 fully saturated rings. The van der Waals surface area contributed by atoms with E-state index in [1.807, 2.05) is 6.92 Å². The highest BCUT2D eigenvalue weighted by Crippen LogP contribution is 2.15. The molecule has 0 amide bonds. The fraction of sp³-hybridized carbons (Fsp3) is 0.500. The molecule has 0 aliphatic heterocycles. The molecule has 0 radical (unpaired) electrons. The monoisotopic (exact) mass is 315 g/mol. The SMILES string of the molecule is CCOCCN(C)S(=O)(=O)c1ccc(CC(=O)OC)cc1. The Kier molecular flexibility index (Phi) is 6.80. The van der Waals surface area contributed by atoms with Gasteiger partial charge in [-0.25, -0.2) is 8.42 Å². The van der Waals surface area contributed by atoms with Gasteiger partial charge < -0.3 is 9.47 Å². The standard InChI is InChI=1S/C14H21NO5S/c1-4-20-10-9-15(2)21(17,18)13-7-5-12(6-8-13)11-14(16)19-3/h5-8H,4,9-11H2,1-3H3. The molecule has 0 aliphatic rings. The number of ether oxygens (including phenoxy) is 2. The lowest BCUT2D eigenvalue weighted by molar-refractivity contribution is -0.139. The number of hydrogen-bond donors (Lipinski definition) is 0. The third-order valence-corrected chi connectivity index (χ3v) is 4.83. The molecular formula is C14H21NO5S. The molecule has 21 heavy (non-hydrogen) atoms. The van der Waals surface area contributed by atoms with Crippen molar-refractivity contribution in [3.8, 4) is 0 Å². The van der Waals surface area contributed by atoms with E-state index in [1.54, 1.807) is 12.1 Å². The predicted molar refractivity (Wildman–Crippen MR) is 78.5 cm³/mol. The first kappa shape index (κ1) is 17.6. The minimum Gasteiger partial charge on any atom is -0.469 e. The highest BCUT2D eigenvalue weighted by molar-refractivity contribution is 7.89. The maximum Gasteiger partial charge on any atom is 0.309 e. The molecule has 0 N–H and O–H groups in total. The molecule has 0 spiro atoms. The average molecular weight is 315 g/mol. The Bertz CT molecular complexity index is 553. The fourth-order valence-electron chi connectivity index (χ4n) is 1.66. The van der Waals surface area contributed by atoms with E-state index in [4.69, 9.17) is 4.74 Å². The van der Waals surface area contributed by atoms with Crippen LogP contribution in [0.25, 0.3) is 0 Å². The van der Waals surface area contributed by atoms with Gasteiger partial charge in [-0.15, -0.1) is 0 Å². The van der Waals surface area contributed by atoms with E-state index in [9.17, 15) is 13.2 Å². The molecule has 6 nitrogen and oxygen atoms in total. The van der Waals surface area contributed by atoms with Gasteiger partial charge in [0.15, 0.2) is 0 Å². The molecule has 0 saturated carbocycles. The summed E-state index contributed by atoms with van der Waals surface area (Å²) in [5.41, 5.74) is 0.706. The van der Waals surface area contributed by atoms with Gasteiger partial charge in [0, 0.05) is 20.2 Å². The highest BCUT2D eigenvalue weighted by Gasteiger charge is 2.20. The zero-order valence-corrected chi connectivity index (χ0v) is 13.4. The van der Waals surface area contributed by atoms with Crippen LogP contribution < -0.4 is 0 Å². The van der Waals surface area contributed by atoms with Gasteiger partial charge in [0.25, 0.3) is 0 Å². The van der Waals surface area contributed by atoms with Crippen LogP contribution in [0.3, 0.4) is 0 Å². The lowest BCUT2D eigenvalue weighted by atomic mass is 10.2. The molecule has 0 atom stereocenters. The van der Waals surface area contributed by atoms with Crippen molar-refractivity contribution in [3.05, 3.63) is 29.8 Å². The lowest BCUT2D eigenvalue weighted by Crippen LogP contribution is -2.30. The molecule has 0 bridgehead atoms. The number of esters is 1. The number of benzene rings is 1. The number of rotatable bonds is 8. The van der Waals surface area contributed by atoms with Crippen LogP contribution in [-0.4, -0.2) is 52.6 Å². The van der Waals surface area contributed by atoms with E-state index in [2.05, 4.69) is 4.74 Å². The quantitative estimate of drug-likeness (QED) is 0.530. The molecule has 7 heteroatoms. The Morgan fingerprint density at radius 1 is 1.24 bits per heavy atom. The van der Waals surface area contributed by atoms with Crippen molar-refractivity contribution in [2.45, 2.75) is 18.2 Å². The topological polar surface area (TPSA) is 72.9 Å². The van der Waals surface area contributed by atoms with Crippen molar-refractivity contribution >= 4 is 16.0 Å². The summed E-state index contributed by atoms with van der Waals surface area (Å²) in [6.45, 7) is 3.05. The smallest absolute Gasteiger partial charge is 0.309 e. The first-order chi connectivity index (χ1) is 9.91. The highest BCUT2D eigenvalue weighted by atomic mass is 32.2. The molecule has 0 unspecified atom stereocenters. The van der Waals surface area contributed by atoms with Gasteiger partial charge in [-0.3, -0.25) is 4.79 Å². The van der Waals surface area contributed by atoms with Gasteiger partial charge in [0.1, 0.15) is 0 Å². The number of carbonyl (C=O) groups is 1. The van der Waals surface area contributed by atoms with E-state index in [1.165, 1.54) is 30.6 Å². The van der Waals surface area contributed by atoms with Crippen LogP contribution in [0.15, 0.2) is 29.2 Å². The van der Waals surface area contributed by atoms with E-state index in [0.29, 0.717) is 25.3 Å². The van der Waals surface area contributed by atoms with Crippen LogP contribution in [0.1, 0.15) is 12.5 Å². The second-order valence-corrected chi connectivity index (χ2v) is 6.47. The van der Waals surface area contributed by atoms with E-state index < -0.39 is 10.0 Å². The maximum absolute atomic E-state index is 12.3. The molecule has 1 aromatic carbocycles. The Balaban J connectivity index is 2.77. The molecule has 1 aromatic rings. The van der Waals surface area contributed by atoms with Gasteiger partial charge in [-0.05, 0) is 24.6 Å². The zero-order chi connectivity index (χ0) is 15.9. The Morgan fingerprint density at radius 2 is 1.86 bits per heavy atom. The minimum absolute atomic E-state index is 0.122. The van der Waals surface area contributed by atoms with E-state index >= 15 is 0 Å². The number of methoxy groups -OCH3 is 1. The molecule has 0 saturated heterocycles. The number of carbonyl (C=O) groups excluding carboxylic acids is 1.